The Balaban J connectivity index is 6.04. The van der Waals surface area contributed by atoms with Gasteiger partial charge in [-0.3, -0.25) is 0 Å². The van der Waals surface area contributed by atoms with Crippen LogP contribution in [0.2, 0.25) is 0 Å². The lowest BCUT2D eigenvalue weighted by molar-refractivity contribution is -0.484. The molecule has 0 aromatic heterocycles. The second-order valence-corrected chi connectivity index (χ2v) is 5.60. The van der Waals surface area contributed by atoms with Gasteiger partial charge in [-0.2, -0.15) is 61.1 Å². The van der Waals surface area contributed by atoms with Crippen LogP contribution in [0, 0.1) is 0 Å². The summed E-state index contributed by atoms with van der Waals surface area (Å²) in [6.45, 7) is 0. The van der Waals surface area contributed by atoms with Gasteiger partial charge in [-0.05, 0) is 11.6 Å². The third-order valence-corrected chi connectivity index (χ3v) is 3.10. The normalized spacial score (nSPS) is 16.4. The average molecular weight is 435 g/mol. The first-order valence-corrected chi connectivity index (χ1v) is 6.32. The number of hydrogen-bond donors (Lipinski definition) is 0. The van der Waals surface area contributed by atoms with Crippen molar-refractivity contribution < 1.29 is 69.7 Å². The molecule has 0 bridgehead atoms. The Bertz CT molecular complexity index is 579. The monoisotopic (exact) mass is 434 g/mol. The summed E-state index contributed by atoms with van der Waals surface area (Å²) in [5.74, 6) is -15.0. The highest BCUT2D eigenvalue weighted by atomic mass is 35.5. The Morgan fingerprint density at radius 2 is 1.00 bits per heavy atom. The highest BCUT2D eigenvalue weighted by Crippen LogP contribution is 2.56. The molecular formula is C6ClF13O3S. The predicted octanol–water partition coefficient (Wildman–Crippen LogP) is 4.18. The summed E-state index contributed by atoms with van der Waals surface area (Å²) in [6, 6.07) is 0. The number of alkyl halides is 13. The standard InChI is InChI=1S/C6ClF13O3S/c7-3(12,13)1(8,9)2(10,11)4(14,15)23-5(16,17)6(18,19)24(20,21)22. The van der Waals surface area contributed by atoms with Crippen LogP contribution < -0.4 is 0 Å². The third-order valence-electron chi connectivity index (χ3n) is 2.02. The number of rotatable bonds is 7. The van der Waals surface area contributed by atoms with Crippen molar-refractivity contribution in [1.82, 2.24) is 0 Å². The van der Waals surface area contributed by atoms with Crippen molar-refractivity contribution in [2.24, 2.45) is 0 Å². The molecule has 0 atom stereocenters. The maximum Gasteiger partial charge on any atom is 0.464 e. The minimum absolute atomic E-state index is 1.31. The van der Waals surface area contributed by atoms with Crippen LogP contribution in [0.4, 0.5) is 56.6 Å². The fourth-order valence-electron chi connectivity index (χ4n) is 0.787. The van der Waals surface area contributed by atoms with E-state index in [9.17, 15) is 65.0 Å². The van der Waals surface area contributed by atoms with Gasteiger partial charge in [0.25, 0.3) is 0 Å². The first-order valence-electron chi connectivity index (χ1n) is 4.56. The highest BCUT2D eigenvalue weighted by molar-refractivity contribution is 7.87. The first-order chi connectivity index (χ1) is 9.96. The van der Waals surface area contributed by atoms with E-state index >= 15 is 0 Å². The zero-order chi connectivity index (χ0) is 20.2. The second-order valence-electron chi connectivity index (χ2n) is 3.74. The van der Waals surface area contributed by atoms with E-state index in [-0.39, 0.29) is 0 Å². The molecule has 0 amide bonds. The van der Waals surface area contributed by atoms with E-state index in [2.05, 4.69) is 11.6 Å². The molecule has 0 radical (unpaired) electrons. The Morgan fingerprint density at radius 1 is 0.667 bits per heavy atom. The zero-order valence-electron chi connectivity index (χ0n) is 9.92. The topological polar surface area (TPSA) is 43.4 Å². The maximum absolute atomic E-state index is 12.7. The maximum atomic E-state index is 12.7. The van der Waals surface area contributed by atoms with Crippen molar-refractivity contribution >= 4 is 21.8 Å². The van der Waals surface area contributed by atoms with E-state index in [0.717, 1.165) is 0 Å². The number of ether oxygens (including phenoxy) is 1. The molecule has 0 spiro atoms. The SMILES string of the molecule is O=S(=O)(F)C(F)(F)C(F)(F)OC(F)(F)C(F)(F)C(F)(F)C(F)(F)Cl. The lowest BCUT2D eigenvalue weighted by atomic mass is 10.1. The summed E-state index contributed by atoms with van der Waals surface area (Å²) in [7, 11) is -7.79. The molecule has 0 aliphatic carbocycles. The van der Waals surface area contributed by atoms with Crippen LogP contribution in [0.15, 0.2) is 0 Å². The summed E-state index contributed by atoms with van der Waals surface area (Å²) in [5, 5.41) is -13.8. The molecule has 0 saturated carbocycles. The first kappa shape index (κ1) is 23.3. The van der Waals surface area contributed by atoms with Gasteiger partial charge >= 0.3 is 44.9 Å². The number of hydrogen-bond acceptors (Lipinski definition) is 3. The van der Waals surface area contributed by atoms with Crippen LogP contribution in [-0.2, 0) is 15.0 Å². The van der Waals surface area contributed by atoms with Crippen LogP contribution in [0.5, 0.6) is 0 Å². The van der Waals surface area contributed by atoms with Crippen molar-refractivity contribution in [3.63, 3.8) is 0 Å². The van der Waals surface area contributed by atoms with Gasteiger partial charge < -0.3 is 0 Å². The van der Waals surface area contributed by atoms with E-state index in [1.54, 1.807) is 0 Å². The van der Waals surface area contributed by atoms with E-state index in [4.69, 9.17) is 0 Å². The molecule has 0 aliphatic heterocycles. The van der Waals surface area contributed by atoms with Gasteiger partial charge in [0.15, 0.2) is 0 Å². The van der Waals surface area contributed by atoms with Gasteiger partial charge in [-0.15, -0.1) is 0 Å². The van der Waals surface area contributed by atoms with Crippen molar-refractivity contribution in [1.29, 1.82) is 0 Å². The van der Waals surface area contributed by atoms with Crippen LogP contribution in [0.3, 0.4) is 0 Å². The second kappa shape index (κ2) is 5.65. The molecule has 0 saturated heterocycles. The van der Waals surface area contributed by atoms with Crippen molar-refractivity contribution in [3.8, 4) is 0 Å². The highest BCUT2D eigenvalue weighted by Gasteiger charge is 2.84. The molecule has 0 aromatic rings. The Labute approximate surface area is 127 Å². The minimum atomic E-state index is -7.79. The average Bonchev–Trinajstić information content (AvgIpc) is 2.23. The van der Waals surface area contributed by atoms with E-state index in [0.29, 0.717) is 0 Å². The fraction of sp³-hybridized carbons (Fsp3) is 1.00. The molecule has 0 aromatic carbocycles. The van der Waals surface area contributed by atoms with E-state index in [1.165, 1.54) is 4.74 Å². The van der Waals surface area contributed by atoms with Gasteiger partial charge in [0.2, 0.25) is 0 Å². The molecule has 0 rings (SSSR count). The quantitative estimate of drug-likeness (QED) is 0.343. The summed E-state index contributed by atoms with van der Waals surface area (Å²) in [4.78, 5) is 0. The van der Waals surface area contributed by atoms with E-state index in [1.807, 2.05) is 0 Å². The van der Waals surface area contributed by atoms with Crippen LogP contribution in [0.1, 0.15) is 0 Å². The van der Waals surface area contributed by atoms with Gasteiger partial charge in [0.1, 0.15) is 0 Å². The summed E-state index contributed by atoms with van der Waals surface area (Å²) in [5.41, 5.74) is 0. The molecule has 146 valence electrons. The van der Waals surface area contributed by atoms with Crippen molar-refractivity contribution in [2.45, 2.75) is 34.7 Å². The number of halogens is 14. The molecule has 18 heteroatoms. The van der Waals surface area contributed by atoms with Crippen molar-refractivity contribution in [3.05, 3.63) is 0 Å². The van der Waals surface area contributed by atoms with Crippen LogP contribution in [-0.4, -0.2) is 43.1 Å². The Kier molecular flexibility index (Phi) is 5.48. The van der Waals surface area contributed by atoms with Gasteiger partial charge in [-0.25, -0.2) is 4.74 Å². The fourth-order valence-corrected chi connectivity index (χ4v) is 1.23. The largest absolute Gasteiger partial charge is 0.464 e. The Hall–Kier alpha value is -0.710. The molecule has 24 heavy (non-hydrogen) atoms. The molecule has 3 nitrogen and oxygen atoms in total. The third kappa shape index (κ3) is 3.47. The molecular weight excluding hydrogens is 435 g/mol. The lowest BCUT2D eigenvalue weighted by Crippen LogP contribution is -2.64. The summed E-state index contributed by atoms with van der Waals surface area (Å²) >= 11 is 3.41. The zero-order valence-corrected chi connectivity index (χ0v) is 11.5. The van der Waals surface area contributed by atoms with Crippen molar-refractivity contribution in [2.75, 3.05) is 0 Å². The van der Waals surface area contributed by atoms with Gasteiger partial charge in [0, 0.05) is 0 Å². The molecule has 0 unspecified atom stereocenters. The smallest absolute Gasteiger partial charge is 0.244 e. The molecule has 0 fully saturated rings. The molecule has 0 heterocycles. The van der Waals surface area contributed by atoms with Crippen LogP contribution in [0.25, 0.3) is 0 Å². The van der Waals surface area contributed by atoms with Gasteiger partial charge in [0.05, 0.1) is 0 Å². The lowest BCUT2D eigenvalue weighted by Gasteiger charge is -2.35. The molecule has 0 aliphatic rings. The minimum Gasteiger partial charge on any atom is -0.244 e. The Morgan fingerprint density at radius 3 is 1.25 bits per heavy atom. The summed E-state index contributed by atoms with van der Waals surface area (Å²) in [6.07, 6.45) is -14.9. The van der Waals surface area contributed by atoms with Gasteiger partial charge in [-0.1, -0.05) is 3.89 Å². The summed E-state index contributed by atoms with van der Waals surface area (Å²) < 4.78 is 182. The van der Waals surface area contributed by atoms with E-state index < -0.39 is 44.9 Å². The molecule has 0 N–H and O–H groups in total. The predicted molar refractivity (Wildman–Crippen MR) is 46.6 cm³/mol. The van der Waals surface area contributed by atoms with Crippen LogP contribution >= 0.6 is 11.6 Å².